The van der Waals surface area contributed by atoms with Crippen LogP contribution in [0.4, 0.5) is 6.01 Å². The fourth-order valence-corrected chi connectivity index (χ4v) is 3.64. The summed E-state index contributed by atoms with van der Waals surface area (Å²) in [5.41, 5.74) is 3.60. The molecule has 1 spiro atoms. The van der Waals surface area contributed by atoms with Crippen molar-refractivity contribution in [3.63, 3.8) is 0 Å². The molecular formula is C17H22N2O2. The van der Waals surface area contributed by atoms with E-state index in [1.54, 1.807) is 0 Å². The monoisotopic (exact) mass is 286 g/mol. The molecule has 1 aromatic heterocycles. The quantitative estimate of drug-likeness (QED) is 0.804. The van der Waals surface area contributed by atoms with Crippen LogP contribution >= 0.6 is 0 Å². The van der Waals surface area contributed by atoms with Gasteiger partial charge in [-0.2, -0.15) is 4.98 Å². The molecule has 2 fully saturated rings. The summed E-state index contributed by atoms with van der Waals surface area (Å²) in [6, 6.07) is 6.97. The van der Waals surface area contributed by atoms with Crippen LogP contribution in [-0.4, -0.2) is 31.3 Å². The first-order chi connectivity index (χ1) is 10.2. The predicted molar refractivity (Wildman–Crippen MR) is 82.7 cm³/mol. The van der Waals surface area contributed by atoms with Gasteiger partial charge in [0.05, 0.1) is 0 Å². The van der Waals surface area contributed by atoms with E-state index in [0.29, 0.717) is 5.41 Å². The lowest BCUT2D eigenvalue weighted by Crippen LogP contribution is -2.43. The van der Waals surface area contributed by atoms with Crippen molar-refractivity contribution >= 4 is 17.1 Å². The summed E-state index contributed by atoms with van der Waals surface area (Å²) in [5, 5.41) is 0. The van der Waals surface area contributed by atoms with Crippen LogP contribution in [0.25, 0.3) is 11.1 Å². The van der Waals surface area contributed by atoms with Crippen molar-refractivity contribution in [2.45, 2.75) is 32.6 Å². The summed E-state index contributed by atoms with van der Waals surface area (Å²) >= 11 is 0. The zero-order valence-electron chi connectivity index (χ0n) is 12.6. The van der Waals surface area contributed by atoms with E-state index in [2.05, 4.69) is 28.9 Å². The van der Waals surface area contributed by atoms with Gasteiger partial charge in [-0.15, -0.1) is 0 Å². The smallest absolute Gasteiger partial charge is 0.298 e. The number of aromatic nitrogens is 1. The van der Waals surface area contributed by atoms with Gasteiger partial charge in [-0.05, 0) is 55.7 Å². The maximum absolute atomic E-state index is 5.93. The first-order valence-corrected chi connectivity index (χ1v) is 7.94. The summed E-state index contributed by atoms with van der Waals surface area (Å²) in [7, 11) is 0. The standard InChI is InChI=1S/C17H22N2O2/c1-13-2-3-15-14(12-13)18-16(21-15)19-8-4-17(5-9-19)6-10-20-11-7-17/h2-3,12H,4-11H2,1H3. The van der Waals surface area contributed by atoms with Crippen LogP contribution in [-0.2, 0) is 4.74 Å². The molecule has 0 saturated carbocycles. The molecule has 2 aliphatic heterocycles. The Kier molecular flexibility index (Phi) is 3.14. The Balaban J connectivity index is 1.51. The molecule has 2 aliphatic rings. The number of oxazole rings is 1. The maximum Gasteiger partial charge on any atom is 0.298 e. The molecule has 112 valence electrons. The molecule has 0 unspecified atom stereocenters. The van der Waals surface area contributed by atoms with E-state index >= 15 is 0 Å². The molecule has 0 amide bonds. The van der Waals surface area contributed by atoms with Gasteiger partial charge >= 0.3 is 0 Å². The number of benzene rings is 1. The average molecular weight is 286 g/mol. The van der Waals surface area contributed by atoms with Gasteiger partial charge in [-0.1, -0.05) is 6.07 Å². The third-order valence-electron chi connectivity index (χ3n) is 5.18. The number of fused-ring (bicyclic) bond motifs is 1. The van der Waals surface area contributed by atoms with Crippen LogP contribution in [0.3, 0.4) is 0 Å². The summed E-state index contributed by atoms with van der Waals surface area (Å²) < 4.78 is 11.4. The van der Waals surface area contributed by atoms with E-state index in [-0.39, 0.29) is 0 Å². The second kappa shape index (κ2) is 5.02. The van der Waals surface area contributed by atoms with Crippen molar-refractivity contribution in [1.82, 2.24) is 4.98 Å². The number of ether oxygens (including phenoxy) is 1. The summed E-state index contributed by atoms with van der Waals surface area (Å²) in [5.74, 6) is 0. The van der Waals surface area contributed by atoms with Gasteiger partial charge in [0.2, 0.25) is 0 Å². The molecule has 3 heterocycles. The lowest BCUT2D eigenvalue weighted by Gasteiger charge is -2.43. The Labute approximate surface area is 125 Å². The minimum Gasteiger partial charge on any atom is -0.423 e. The molecule has 0 radical (unpaired) electrons. The van der Waals surface area contributed by atoms with Crippen molar-refractivity contribution in [3.8, 4) is 0 Å². The van der Waals surface area contributed by atoms with Gasteiger partial charge in [0, 0.05) is 26.3 Å². The number of anilines is 1. The van der Waals surface area contributed by atoms with E-state index in [1.807, 2.05) is 6.07 Å². The van der Waals surface area contributed by atoms with Crippen LogP contribution in [0.5, 0.6) is 0 Å². The third kappa shape index (κ3) is 2.42. The first kappa shape index (κ1) is 13.1. The van der Waals surface area contributed by atoms with Gasteiger partial charge in [0.15, 0.2) is 5.58 Å². The second-order valence-corrected chi connectivity index (χ2v) is 6.57. The fraction of sp³-hybridized carbons (Fsp3) is 0.588. The van der Waals surface area contributed by atoms with E-state index in [9.17, 15) is 0 Å². The molecule has 4 nitrogen and oxygen atoms in total. The fourth-order valence-electron chi connectivity index (χ4n) is 3.64. The minimum atomic E-state index is 0.511. The number of nitrogens with zero attached hydrogens (tertiary/aromatic N) is 2. The summed E-state index contributed by atoms with van der Waals surface area (Å²) in [4.78, 5) is 6.97. The average Bonchev–Trinajstić information content (AvgIpc) is 2.92. The number of hydrogen-bond donors (Lipinski definition) is 0. The first-order valence-electron chi connectivity index (χ1n) is 7.94. The van der Waals surface area contributed by atoms with Crippen molar-refractivity contribution in [2.75, 3.05) is 31.2 Å². The van der Waals surface area contributed by atoms with Crippen molar-refractivity contribution in [3.05, 3.63) is 23.8 Å². The highest BCUT2D eigenvalue weighted by atomic mass is 16.5. The van der Waals surface area contributed by atoms with Crippen molar-refractivity contribution in [1.29, 1.82) is 0 Å². The van der Waals surface area contributed by atoms with Gasteiger partial charge in [0.1, 0.15) is 5.52 Å². The van der Waals surface area contributed by atoms with Crippen LogP contribution in [0, 0.1) is 12.3 Å². The predicted octanol–water partition coefficient (Wildman–Crippen LogP) is 3.53. The molecule has 4 rings (SSSR count). The van der Waals surface area contributed by atoms with Crippen LogP contribution in [0.15, 0.2) is 22.6 Å². The minimum absolute atomic E-state index is 0.511. The van der Waals surface area contributed by atoms with Gasteiger partial charge in [-0.3, -0.25) is 0 Å². The number of aryl methyl sites for hydroxylation is 1. The Morgan fingerprint density at radius 1 is 1.10 bits per heavy atom. The van der Waals surface area contributed by atoms with Crippen LogP contribution in [0.1, 0.15) is 31.2 Å². The van der Waals surface area contributed by atoms with Crippen molar-refractivity contribution < 1.29 is 9.15 Å². The van der Waals surface area contributed by atoms with Gasteiger partial charge in [0.25, 0.3) is 6.01 Å². The molecule has 2 aromatic rings. The zero-order valence-corrected chi connectivity index (χ0v) is 12.6. The highest BCUT2D eigenvalue weighted by molar-refractivity contribution is 5.75. The zero-order chi connectivity index (χ0) is 14.3. The van der Waals surface area contributed by atoms with E-state index in [1.165, 1.54) is 31.2 Å². The molecule has 0 N–H and O–H groups in total. The molecule has 0 atom stereocenters. The SMILES string of the molecule is Cc1ccc2oc(N3CCC4(CCOCC4)CC3)nc2c1. The Morgan fingerprint density at radius 3 is 2.62 bits per heavy atom. The van der Waals surface area contributed by atoms with Gasteiger partial charge in [-0.25, -0.2) is 0 Å². The van der Waals surface area contributed by atoms with E-state index < -0.39 is 0 Å². The highest BCUT2D eigenvalue weighted by Gasteiger charge is 2.36. The molecule has 0 bridgehead atoms. The second-order valence-electron chi connectivity index (χ2n) is 6.57. The molecule has 4 heteroatoms. The molecule has 21 heavy (non-hydrogen) atoms. The molecular weight excluding hydrogens is 264 g/mol. The Bertz CT molecular complexity index is 633. The Morgan fingerprint density at radius 2 is 1.86 bits per heavy atom. The highest BCUT2D eigenvalue weighted by Crippen LogP contribution is 2.41. The topological polar surface area (TPSA) is 38.5 Å². The van der Waals surface area contributed by atoms with Crippen LogP contribution < -0.4 is 4.90 Å². The number of piperidine rings is 1. The van der Waals surface area contributed by atoms with Crippen LogP contribution in [0.2, 0.25) is 0 Å². The summed E-state index contributed by atoms with van der Waals surface area (Å²) in [6.45, 7) is 6.05. The normalized spacial score (nSPS) is 22.0. The maximum atomic E-state index is 5.93. The lowest BCUT2D eigenvalue weighted by molar-refractivity contribution is 0.00176. The van der Waals surface area contributed by atoms with Gasteiger partial charge < -0.3 is 14.1 Å². The number of rotatable bonds is 1. The van der Waals surface area contributed by atoms with Crippen molar-refractivity contribution in [2.24, 2.45) is 5.41 Å². The molecule has 1 aromatic carbocycles. The Hall–Kier alpha value is -1.55. The van der Waals surface area contributed by atoms with E-state index in [0.717, 1.165) is 43.4 Å². The lowest BCUT2D eigenvalue weighted by atomic mass is 9.72. The molecule has 0 aliphatic carbocycles. The molecule has 2 saturated heterocycles. The third-order valence-corrected chi connectivity index (χ3v) is 5.18. The largest absolute Gasteiger partial charge is 0.423 e. The van der Waals surface area contributed by atoms with E-state index in [4.69, 9.17) is 9.15 Å². The summed E-state index contributed by atoms with van der Waals surface area (Å²) in [6.07, 6.45) is 4.89. The number of hydrogen-bond acceptors (Lipinski definition) is 4.